The van der Waals surface area contributed by atoms with Crippen molar-refractivity contribution in [2.45, 2.75) is 11.8 Å². The molecule has 0 unspecified atom stereocenters. The first kappa shape index (κ1) is 8.40. The van der Waals surface area contributed by atoms with E-state index >= 15 is 0 Å². The fourth-order valence-electron chi connectivity index (χ4n) is 0.668. The van der Waals surface area contributed by atoms with Gasteiger partial charge in [-0.2, -0.15) is 0 Å². The monoisotopic (exact) mass is 263 g/mol. The highest BCUT2D eigenvalue weighted by atomic mass is 127. The fourth-order valence-corrected chi connectivity index (χ4v) is 2.17. The molecule has 0 saturated heterocycles. The van der Waals surface area contributed by atoms with E-state index in [0.717, 1.165) is 5.75 Å². The van der Waals surface area contributed by atoms with Crippen LogP contribution < -0.4 is 0 Å². The predicted octanol–water partition coefficient (Wildman–Crippen LogP) is 3.20. The van der Waals surface area contributed by atoms with E-state index in [1.165, 1.54) is 8.47 Å². The minimum atomic E-state index is 1.13. The second-order valence-electron chi connectivity index (χ2n) is 1.78. The van der Waals surface area contributed by atoms with Gasteiger partial charge in [-0.05, 0) is 40.5 Å². The average Bonchev–Trinajstić information content (AvgIpc) is 1.94. The van der Waals surface area contributed by atoms with Gasteiger partial charge in [0.25, 0.3) is 0 Å². The number of hydrogen-bond acceptors (Lipinski definition) is 1. The molecule has 0 aromatic heterocycles. The van der Waals surface area contributed by atoms with E-state index in [4.69, 9.17) is 0 Å². The standard InChI is InChI=1S/C8H8IS/c1-2-10-8-6-4-3-5-7(8)9/h3-4,6H,2H2,1H3. The van der Waals surface area contributed by atoms with Gasteiger partial charge < -0.3 is 0 Å². The molecule has 0 fully saturated rings. The first-order valence-electron chi connectivity index (χ1n) is 3.13. The van der Waals surface area contributed by atoms with Crippen molar-refractivity contribution in [3.8, 4) is 0 Å². The maximum Gasteiger partial charge on any atom is 0.0345 e. The second kappa shape index (κ2) is 4.23. The molecule has 1 aromatic rings. The lowest BCUT2D eigenvalue weighted by Crippen LogP contribution is -1.77. The maximum atomic E-state index is 3.15. The van der Waals surface area contributed by atoms with Crippen molar-refractivity contribution >= 4 is 34.4 Å². The molecule has 0 saturated carbocycles. The van der Waals surface area contributed by atoms with Crippen molar-refractivity contribution in [1.29, 1.82) is 0 Å². The molecule has 0 spiro atoms. The Morgan fingerprint density at radius 2 is 2.50 bits per heavy atom. The van der Waals surface area contributed by atoms with Crippen molar-refractivity contribution in [1.82, 2.24) is 0 Å². The highest BCUT2D eigenvalue weighted by Crippen LogP contribution is 2.22. The van der Waals surface area contributed by atoms with Crippen molar-refractivity contribution in [3.05, 3.63) is 27.8 Å². The van der Waals surface area contributed by atoms with Gasteiger partial charge in [-0.25, -0.2) is 0 Å². The fraction of sp³-hybridized carbons (Fsp3) is 0.250. The van der Waals surface area contributed by atoms with Crippen LogP contribution in [0.25, 0.3) is 0 Å². The predicted molar refractivity (Wildman–Crippen MR) is 54.4 cm³/mol. The summed E-state index contributed by atoms with van der Waals surface area (Å²) in [5.41, 5.74) is 0. The van der Waals surface area contributed by atoms with Crippen LogP contribution in [-0.4, -0.2) is 5.75 Å². The van der Waals surface area contributed by atoms with Crippen LogP contribution in [0.2, 0.25) is 0 Å². The summed E-state index contributed by atoms with van der Waals surface area (Å²) < 4.78 is 1.23. The van der Waals surface area contributed by atoms with E-state index in [0.29, 0.717) is 0 Å². The lowest BCUT2D eigenvalue weighted by molar-refractivity contribution is 1.37. The summed E-state index contributed by atoms with van der Waals surface area (Å²) in [6.45, 7) is 2.16. The summed E-state index contributed by atoms with van der Waals surface area (Å²) >= 11 is 4.17. The number of thioether (sulfide) groups is 1. The Hall–Kier alpha value is 0.300. The van der Waals surface area contributed by atoms with Crippen molar-refractivity contribution in [2.24, 2.45) is 0 Å². The minimum absolute atomic E-state index is 1.13. The molecule has 0 bridgehead atoms. The number of halogens is 1. The molecule has 10 heavy (non-hydrogen) atoms. The van der Waals surface area contributed by atoms with Crippen LogP contribution in [0.1, 0.15) is 6.92 Å². The largest absolute Gasteiger partial charge is 0.125 e. The summed E-state index contributed by atoms with van der Waals surface area (Å²) in [7, 11) is 0. The number of benzene rings is 1. The molecule has 0 nitrogen and oxygen atoms in total. The van der Waals surface area contributed by atoms with Crippen LogP contribution in [0.15, 0.2) is 23.1 Å². The van der Waals surface area contributed by atoms with Crippen LogP contribution in [0.4, 0.5) is 0 Å². The van der Waals surface area contributed by atoms with Crippen LogP contribution in [0.3, 0.4) is 0 Å². The van der Waals surface area contributed by atoms with Gasteiger partial charge in [0.1, 0.15) is 0 Å². The Morgan fingerprint density at radius 3 is 3.10 bits per heavy atom. The van der Waals surface area contributed by atoms with E-state index in [2.05, 4.69) is 41.6 Å². The van der Waals surface area contributed by atoms with Gasteiger partial charge in [0.15, 0.2) is 0 Å². The second-order valence-corrected chi connectivity index (χ2v) is 4.17. The highest BCUT2D eigenvalue weighted by molar-refractivity contribution is 14.1. The van der Waals surface area contributed by atoms with Gasteiger partial charge in [-0.3, -0.25) is 0 Å². The zero-order chi connectivity index (χ0) is 7.40. The summed E-state index contributed by atoms with van der Waals surface area (Å²) in [6, 6.07) is 9.26. The van der Waals surface area contributed by atoms with Gasteiger partial charge in [0.05, 0.1) is 0 Å². The zero-order valence-electron chi connectivity index (χ0n) is 5.73. The van der Waals surface area contributed by atoms with Crippen molar-refractivity contribution in [2.75, 3.05) is 5.75 Å². The van der Waals surface area contributed by atoms with E-state index in [1.54, 1.807) is 0 Å². The van der Waals surface area contributed by atoms with Crippen LogP contribution in [0.5, 0.6) is 0 Å². The molecule has 0 atom stereocenters. The van der Waals surface area contributed by atoms with Gasteiger partial charge >= 0.3 is 0 Å². The van der Waals surface area contributed by atoms with Gasteiger partial charge in [0, 0.05) is 8.47 Å². The van der Waals surface area contributed by atoms with Crippen LogP contribution >= 0.6 is 34.4 Å². The molecule has 0 N–H and O–H groups in total. The smallest absolute Gasteiger partial charge is 0.0345 e. The van der Waals surface area contributed by atoms with Crippen LogP contribution in [-0.2, 0) is 0 Å². The first-order valence-corrected chi connectivity index (χ1v) is 5.20. The van der Waals surface area contributed by atoms with E-state index in [1.807, 2.05) is 23.9 Å². The minimum Gasteiger partial charge on any atom is -0.125 e. The van der Waals surface area contributed by atoms with Gasteiger partial charge in [0.2, 0.25) is 0 Å². The quantitative estimate of drug-likeness (QED) is 0.583. The molecule has 53 valence electrons. The Labute approximate surface area is 79.5 Å². The number of rotatable bonds is 2. The zero-order valence-corrected chi connectivity index (χ0v) is 8.70. The van der Waals surface area contributed by atoms with Crippen molar-refractivity contribution < 1.29 is 0 Å². The van der Waals surface area contributed by atoms with E-state index < -0.39 is 0 Å². The Morgan fingerprint density at radius 1 is 1.70 bits per heavy atom. The van der Waals surface area contributed by atoms with E-state index in [-0.39, 0.29) is 0 Å². The molecular formula is C8H8IS. The molecule has 2 heteroatoms. The summed E-state index contributed by atoms with van der Waals surface area (Å²) in [6.07, 6.45) is 0. The molecule has 0 aliphatic rings. The normalized spacial score (nSPS) is 9.80. The highest BCUT2D eigenvalue weighted by Gasteiger charge is 1.95. The van der Waals surface area contributed by atoms with Gasteiger partial charge in [-0.15, -0.1) is 11.8 Å². The summed E-state index contributed by atoms with van der Waals surface area (Å²) in [5.74, 6) is 1.13. The number of hydrogen-bond donors (Lipinski definition) is 0. The average molecular weight is 263 g/mol. The van der Waals surface area contributed by atoms with Crippen molar-refractivity contribution in [3.63, 3.8) is 0 Å². The molecule has 0 amide bonds. The molecule has 1 rings (SSSR count). The lowest BCUT2D eigenvalue weighted by atomic mass is 10.4. The third kappa shape index (κ3) is 2.16. The Bertz CT molecular complexity index is 210. The third-order valence-electron chi connectivity index (χ3n) is 1.07. The molecule has 1 radical (unpaired) electrons. The van der Waals surface area contributed by atoms with Crippen LogP contribution in [0, 0.1) is 9.64 Å². The third-order valence-corrected chi connectivity index (χ3v) is 3.27. The summed E-state index contributed by atoms with van der Waals surface area (Å²) in [4.78, 5) is 1.34. The SMILES string of the molecule is CCSc1ccc[c]c1I. The molecule has 0 aliphatic carbocycles. The first-order chi connectivity index (χ1) is 4.84. The van der Waals surface area contributed by atoms with E-state index in [9.17, 15) is 0 Å². The molecule has 0 heterocycles. The van der Waals surface area contributed by atoms with Gasteiger partial charge in [-0.1, -0.05) is 19.1 Å². The molecule has 0 aliphatic heterocycles. The Balaban J connectivity index is 2.81. The lowest BCUT2D eigenvalue weighted by Gasteiger charge is -1.98. The molecule has 1 aromatic carbocycles. The topological polar surface area (TPSA) is 0 Å². The summed E-state index contributed by atoms with van der Waals surface area (Å²) in [5, 5.41) is 0. The Kier molecular flexibility index (Phi) is 3.56. The molecular weight excluding hydrogens is 255 g/mol. The maximum absolute atomic E-state index is 3.15.